The van der Waals surface area contributed by atoms with Gasteiger partial charge in [-0.3, -0.25) is 4.68 Å². The summed E-state index contributed by atoms with van der Waals surface area (Å²) in [6.07, 6.45) is 0. The maximum Gasteiger partial charge on any atom is 0.354 e. The molecule has 0 aliphatic rings. The zero-order valence-corrected chi connectivity index (χ0v) is 8.06. The molecule has 5 nitrogen and oxygen atoms in total. The lowest BCUT2D eigenvalue weighted by Gasteiger charge is -2.06. The first-order chi connectivity index (χ1) is 6.54. The van der Waals surface area contributed by atoms with E-state index in [1.165, 1.54) is 10.7 Å². The molecule has 0 fully saturated rings. The van der Waals surface area contributed by atoms with Gasteiger partial charge in [-0.15, -0.1) is 0 Å². The van der Waals surface area contributed by atoms with Crippen LogP contribution in [0.15, 0.2) is 6.07 Å². The zero-order chi connectivity index (χ0) is 10.7. The summed E-state index contributed by atoms with van der Waals surface area (Å²) in [5.74, 6) is -0.765. The van der Waals surface area contributed by atoms with Crippen molar-refractivity contribution in [2.24, 2.45) is 5.92 Å². The highest BCUT2D eigenvalue weighted by atomic mass is 16.4. The Morgan fingerprint density at radius 3 is 2.86 bits per heavy atom. The highest BCUT2D eigenvalue weighted by Crippen LogP contribution is 2.07. The van der Waals surface area contributed by atoms with E-state index in [4.69, 9.17) is 10.4 Å². The Bertz CT molecular complexity index is 387. The van der Waals surface area contributed by atoms with E-state index in [0.29, 0.717) is 12.5 Å². The minimum atomic E-state index is -1.06. The third kappa shape index (κ3) is 2.10. The quantitative estimate of drug-likeness (QED) is 0.779. The van der Waals surface area contributed by atoms with Crippen LogP contribution in [0.4, 0.5) is 0 Å². The monoisotopic (exact) mass is 193 g/mol. The second kappa shape index (κ2) is 3.92. The van der Waals surface area contributed by atoms with Crippen molar-refractivity contribution in [3.63, 3.8) is 0 Å². The van der Waals surface area contributed by atoms with Gasteiger partial charge in [-0.25, -0.2) is 4.79 Å². The van der Waals surface area contributed by atoms with Gasteiger partial charge in [0.1, 0.15) is 11.8 Å². The smallest absolute Gasteiger partial charge is 0.354 e. The molecule has 0 amide bonds. The van der Waals surface area contributed by atoms with E-state index in [1.54, 1.807) is 0 Å². The second-order valence-corrected chi connectivity index (χ2v) is 3.41. The van der Waals surface area contributed by atoms with Gasteiger partial charge in [-0.2, -0.15) is 10.4 Å². The van der Waals surface area contributed by atoms with Gasteiger partial charge in [0, 0.05) is 12.6 Å². The number of carboxylic acids is 1. The summed E-state index contributed by atoms with van der Waals surface area (Å²) < 4.78 is 1.35. The average molecular weight is 193 g/mol. The van der Waals surface area contributed by atoms with Gasteiger partial charge in [0.25, 0.3) is 0 Å². The van der Waals surface area contributed by atoms with E-state index < -0.39 is 5.97 Å². The fraction of sp³-hybridized carbons (Fsp3) is 0.444. The van der Waals surface area contributed by atoms with Crippen LogP contribution in [-0.2, 0) is 6.54 Å². The lowest BCUT2D eigenvalue weighted by atomic mass is 10.2. The first kappa shape index (κ1) is 10.3. The lowest BCUT2D eigenvalue weighted by molar-refractivity contribution is 0.0682. The molecule has 0 aromatic carbocycles. The number of hydrogen-bond donors (Lipinski definition) is 1. The molecule has 74 valence electrons. The summed E-state index contributed by atoms with van der Waals surface area (Å²) in [5, 5.41) is 21.3. The molecule has 0 saturated carbocycles. The number of hydrogen-bond acceptors (Lipinski definition) is 3. The predicted molar refractivity (Wildman–Crippen MR) is 48.7 cm³/mol. The van der Waals surface area contributed by atoms with Crippen molar-refractivity contribution in [2.45, 2.75) is 20.4 Å². The Kier molecular flexibility index (Phi) is 2.87. The highest BCUT2D eigenvalue weighted by molar-refractivity contribution is 5.85. The molecular weight excluding hydrogens is 182 g/mol. The number of nitrogens with zero attached hydrogens (tertiary/aromatic N) is 3. The standard InChI is InChI=1S/C9H11N3O2/c1-6(2)5-12-8(9(13)14)3-7(4-10)11-12/h3,6H,5H2,1-2H3,(H,13,14). The number of carboxylic acid groups (broad SMARTS) is 1. The first-order valence-electron chi connectivity index (χ1n) is 4.26. The molecule has 0 unspecified atom stereocenters. The molecule has 1 N–H and O–H groups in total. The fourth-order valence-corrected chi connectivity index (χ4v) is 1.13. The predicted octanol–water partition coefficient (Wildman–Crippen LogP) is 1.11. The van der Waals surface area contributed by atoms with Crippen molar-refractivity contribution in [3.8, 4) is 6.07 Å². The van der Waals surface area contributed by atoms with Gasteiger partial charge in [-0.05, 0) is 5.92 Å². The Morgan fingerprint density at radius 1 is 1.79 bits per heavy atom. The lowest BCUT2D eigenvalue weighted by Crippen LogP contribution is -2.13. The van der Waals surface area contributed by atoms with Crippen LogP contribution in [0.3, 0.4) is 0 Å². The van der Waals surface area contributed by atoms with E-state index in [-0.39, 0.29) is 11.4 Å². The van der Waals surface area contributed by atoms with Crippen LogP contribution < -0.4 is 0 Å². The van der Waals surface area contributed by atoms with E-state index in [0.717, 1.165) is 0 Å². The van der Waals surface area contributed by atoms with Crippen molar-refractivity contribution in [3.05, 3.63) is 17.5 Å². The molecule has 1 aromatic heterocycles. The number of aromatic nitrogens is 2. The molecule has 1 heterocycles. The molecular formula is C9H11N3O2. The number of nitriles is 1. The highest BCUT2D eigenvalue weighted by Gasteiger charge is 2.14. The zero-order valence-electron chi connectivity index (χ0n) is 8.06. The Balaban J connectivity index is 3.07. The molecule has 0 bridgehead atoms. The van der Waals surface area contributed by atoms with Crippen LogP contribution in [0, 0.1) is 17.2 Å². The Labute approximate surface area is 81.6 Å². The third-order valence-electron chi connectivity index (χ3n) is 1.65. The van der Waals surface area contributed by atoms with Crippen molar-refractivity contribution >= 4 is 5.97 Å². The third-order valence-corrected chi connectivity index (χ3v) is 1.65. The van der Waals surface area contributed by atoms with Gasteiger partial charge in [-0.1, -0.05) is 13.8 Å². The maximum atomic E-state index is 10.8. The van der Waals surface area contributed by atoms with Crippen LogP contribution in [0.1, 0.15) is 30.0 Å². The molecule has 5 heteroatoms. The van der Waals surface area contributed by atoms with Gasteiger partial charge < -0.3 is 5.11 Å². The van der Waals surface area contributed by atoms with Crippen LogP contribution in [0.25, 0.3) is 0 Å². The van der Waals surface area contributed by atoms with E-state index in [1.807, 2.05) is 19.9 Å². The van der Waals surface area contributed by atoms with Crippen molar-refractivity contribution in [1.82, 2.24) is 9.78 Å². The molecule has 0 aliphatic heterocycles. The first-order valence-corrected chi connectivity index (χ1v) is 4.26. The topological polar surface area (TPSA) is 78.9 Å². The van der Waals surface area contributed by atoms with Crippen LogP contribution in [0.2, 0.25) is 0 Å². The molecule has 0 spiro atoms. The maximum absolute atomic E-state index is 10.8. The normalized spacial score (nSPS) is 10.1. The molecule has 1 aromatic rings. The van der Waals surface area contributed by atoms with Gasteiger partial charge in [0.15, 0.2) is 5.69 Å². The van der Waals surface area contributed by atoms with Crippen LogP contribution >= 0.6 is 0 Å². The largest absolute Gasteiger partial charge is 0.477 e. The summed E-state index contributed by atoms with van der Waals surface area (Å²) in [4.78, 5) is 10.8. The SMILES string of the molecule is CC(C)Cn1nc(C#N)cc1C(=O)O. The summed E-state index contributed by atoms with van der Waals surface area (Å²) >= 11 is 0. The molecule has 0 saturated heterocycles. The molecule has 14 heavy (non-hydrogen) atoms. The van der Waals surface area contributed by atoms with Crippen molar-refractivity contribution in [2.75, 3.05) is 0 Å². The second-order valence-electron chi connectivity index (χ2n) is 3.41. The Morgan fingerprint density at radius 2 is 2.43 bits per heavy atom. The molecule has 1 rings (SSSR count). The number of aromatic carboxylic acids is 1. The van der Waals surface area contributed by atoms with Crippen molar-refractivity contribution in [1.29, 1.82) is 5.26 Å². The summed E-state index contributed by atoms with van der Waals surface area (Å²) in [6, 6.07) is 3.10. The molecule has 0 radical (unpaired) electrons. The fourth-order valence-electron chi connectivity index (χ4n) is 1.13. The molecule has 0 aliphatic carbocycles. The molecule has 0 atom stereocenters. The van der Waals surface area contributed by atoms with E-state index in [9.17, 15) is 4.79 Å². The summed E-state index contributed by atoms with van der Waals surface area (Å²) in [5.41, 5.74) is 0.207. The van der Waals surface area contributed by atoms with E-state index >= 15 is 0 Å². The van der Waals surface area contributed by atoms with Crippen LogP contribution in [-0.4, -0.2) is 20.9 Å². The van der Waals surface area contributed by atoms with Crippen molar-refractivity contribution < 1.29 is 9.90 Å². The minimum absolute atomic E-state index is 0.0650. The van der Waals surface area contributed by atoms with E-state index in [2.05, 4.69) is 5.10 Å². The number of rotatable bonds is 3. The average Bonchev–Trinajstić information content (AvgIpc) is 2.46. The Hall–Kier alpha value is -1.83. The summed E-state index contributed by atoms with van der Waals surface area (Å²) in [6.45, 7) is 4.42. The number of carbonyl (C=O) groups is 1. The summed E-state index contributed by atoms with van der Waals surface area (Å²) in [7, 11) is 0. The van der Waals surface area contributed by atoms with Gasteiger partial charge in [0.05, 0.1) is 0 Å². The van der Waals surface area contributed by atoms with Crippen LogP contribution in [0.5, 0.6) is 0 Å². The van der Waals surface area contributed by atoms with Gasteiger partial charge in [0.2, 0.25) is 0 Å². The minimum Gasteiger partial charge on any atom is -0.477 e. The van der Waals surface area contributed by atoms with Gasteiger partial charge >= 0.3 is 5.97 Å².